The topological polar surface area (TPSA) is 150 Å². The maximum atomic E-state index is 14.7. The molecule has 0 radical (unpaired) electrons. The van der Waals surface area contributed by atoms with Crippen LogP contribution in [0.15, 0.2) is 66.9 Å². The van der Waals surface area contributed by atoms with Crippen LogP contribution in [0.5, 0.6) is 5.75 Å². The highest BCUT2D eigenvalue weighted by Crippen LogP contribution is 2.35. The summed E-state index contributed by atoms with van der Waals surface area (Å²) in [7, 11) is 1.69. The minimum atomic E-state index is -0.692. The number of anilines is 1. The van der Waals surface area contributed by atoms with Crippen LogP contribution in [0.3, 0.4) is 0 Å². The van der Waals surface area contributed by atoms with Gasteiger partial charge in [0.05, 0.1) is 30.9 Å². The van der Waals surface area contributed by atoms with Crippen molar-refractivity contribution in [3.63, 3.8) is 0 Å². The highest BCUT2D eigenvalue weighted by Gasteiger charge is 2.27. The number of hydrogen-bond donors (Lipinski definition) is 3. The zero-order valence-corrected chi connectivity index (χ0v) is 32.1. The van der Waals surface area contributed by atoms with E-state index in [9.17, 15) is 9.59 Å². The van der Waals surface area contributed by atoms with Crippen LogP contribution >= 0.6 is 0 Å². The molecule has 2 aromatic carbocycles. The number of piperidine rings is 1. The number of methoxy groups -OCH3 is 1. The lowest BCUT2D eigenvalue weighted by molar-refractivity contribution is 0.0723. The van der Waals surface area contributed by atoms with E-state index in [-0.39, 0.29) is 36.4 Å². The van der Waals surface area contributed by atoms with Gasteiger partial charge in [-0.1, -0.05) is 43.3 Å². The maximum Gasteiger partial charge on any atom is 0.273 e. The van der Waals surface area contributed by atoms with Gasteiger partial charge >= 0.3 is 0 Å². The molecular weight excluding hydrogens is 693 g/mol. The number of aromatic nitrogens is 4. The predicted molar refractivity (Wildman–Crippen MR) is 214 cm³/mol. The van der Waals surface area contributed by atoms with Gasteiger partial charge in [0.2, 0.25) is 0 Å². The number of benzene rings is 2. The van der Waals surface area contributed by atoms with E-state index in [1.807, 2.05) is 23.0 Å². The zero-order chi connectivity index (χ0) is 38.3. The van der Waals surface area contributed by atoms with E-state index < -0.39 is 5.91 Å². The molecule has 5 aromatic rings. The van der Waals surface area contributed by atoms with E-state index in [2.05, 4.69) is 64.9 Å². The van der Waals surface area contributed by atoms with Gasteiger partial charge in [0, 0.05) is 49.2 Å². The molecule has 0 bridgehead atoms. The molecule has 2 amide bonds. The number of ether oxygens (including phenoxy) is 2. The normalized spacial score (nSPS) is 15.3. The van der Waals surface area contributed by atoms with E-state index in [0.717, 1.165) is 82.8 Å². The van der Waals surface area contributed by atoms with Gasteiger partial charge in [0.1, 0.15) is 17.1 Å². The summed E-state index contributed by atoms with van der Waals surface area (Å²) in [5, 5.41) is 12.9. The summed E-state index contributed by atoms with van der Waals surface area (Å²) in [6, 6.07) is 19.8. The fraction of sp³-hybridized carbons (Fsp3) is 0.419. The molecule has 2 fully saturated rings. The van der Waals surface area contributed by atoms with Crippen LogP contribution in [0.1, 0.15) is 82.9 Å². The van der Waals surface area contributed by atoms with Gasteiger partial charge in [-0.25, -0.2) is 14.6 Å². The molecule has 0 aliphatic carbocycles. The number of carbonyl (C=O) groups excluding carboxylic acids is 2. The number of rotatable bonds is 14. The van der Waals surface area contributed by atoms with Crippen molar-refractivity contribution in [1.29, 1.82) is 0 Å². The monoisotopic (exact) mass is 744 g/mol. The van der Waals surface area contributed by atoms with E-state index >= 15 is 0 Å². The first-order valence-corrected chi connectivity index (χ1v) is 19.6. The van der Waals surface area contributed by atoms with Crippen LogP contribution in [0.4, 0.5) is 5.69 Å². The molecule has 12 nitrogen and oxygen atoms in total. The highest BCUT2D eigenvalue weighted by atomic mass is 16.5. The van der Waals surface area contributed by atoms with Crippen LogP contribution in [0, 0.1) is 5.92 Å². The second-order valence-corrected chi connectivity index (χ2v) is 14.6. The largest absolute Gasteiger partial charge is 0.496 e. The van der Waals surface area contributed by atoms with E-state index in [0.29, 0.717) is 32.1 Å². The number of pyridine rings is 2. The summed E-state index contributed by atoms with van der Waals surface area (Å²) in [6.07, 6.45) is 7.66. The molecule has 7 rings (SSSR count). The molecule has 2 saturated heterocycles. The Kier molecular flexibility index (Phi) is 12.0. The molecule has 4 N–H and O–H groups in total. The molecule has 0 spiro atoms. The Morgan fingerprint density at radius 1 is 0.964 bits per heavy atom. The Morgan fingerprint density at radius 3 is 2.49 bits per heavy atom. The summed E-state index contributed by atoms with van der Waals surface area (Å²) < 4.78 is 13.5. The lowest BCUT2D eigenvalue weighted by Gasteiger charge is -2.29. The second-order valence-electron chi connectivity index (χ2n) is 14.6. The Balaban J connectivity index is 1.29. The molecule has 2 aliphatic heterocycles. The molecule has 0 unspecified atom stereocenters. The number of nitrogens with two attached hydrogens (primary N) is 1. The lowest BCUT2D eigenvalue weighted by Crippen LogP contribution is -2.33. The lowest BCUT2D eigenvalue weighted by atomic mass is 9.89. The first-order chi connectivity index (χ1) is 26.8. The average molecular weight is 745 g/mol. The predicted octanol–water partition coefficient (Wildman–Crippen LogP) is 6.16. The Morgan fingerprint density at radius 2 is 1.75 bits per heavy atom. The quantitative estimate of drug-likeness (QED) is 0.122. The van der Waals surface area contributed by atoms with E-state index in [1.165, 1.54) is 24.5 Å². The van der Waals surface area contributed by atoms with Crippen LogP contribution in [-0.2, 0) is 37.2 Å². The van der Waals surface area contributed by atoms with Crippen molar-refractivity contribution >= 4 is 28.5 Å². The molecule has 0 saturated carbocycles. The van der Waals surface area contributed by atoms with E-state index in [1.54, 1.807) is 24.1 Å². The standard InChI is InChI=1S/C43H52N8O4/c1-4-36-35(40(47-32-16-20-55-21-17-32)34-25-46-51(5-2)42(34)49-36)27-50(43(53)38-11-7-10-37(48-38)41(44)52)26-30-12-13-39(54-3)33(24-30)31-9-6-8-29(23-31)22-28-14-18-45-19-15-28/h6-13,23-25,28,32,45H,4-5,14-22,26-27H2,1-3H3,(H2,44,52)(H,47,49). The minimum Gasteiger partial charge on any atom is -0.496 e. The summed E-state index contributed by atoms with van der Waals surface area (Å²) in [5.74, 6) is 0.403. The fourth-order valence-corrected chi connectivity index (χ4v) is 7.91. The second kappa shape index (κ2) is 17.4. The number of carbonyl (C=O) groups is 2. The highest BCUT2D eigenvalue weighted by molar-refractivity contribution is 5.96. The number of amides is 2. The first kappa shape index (κ1) is 38.0. The SMILES string of the molecule is CCc1nc2c(cnn2CC)c(NC2CCOCC2)c1CN(Cc1ccc(OC)c(-c2cccc(CC3CCNCC3)c2)c1)C(=O)c1cccc(C(N)=O)n1. The third-order valence-electron chi connectivity index (χ3n) is 10.9. The van der Waals surface area contributed by atoms with Crippen LogP contribution in [0.2, 0.25) is 0 Å². The van der Waals surface area contributed by atoms with Crippen molar-refractivity contribution in [3.8, 4) is 16.9 Å². The van der Waals surface area contributed by atoms with Gasteiger partial charge < -0.3 is 30.7 Å². The van der Waals surface area contributed by atoms with Gasteiger partial charge in [-0.15, -0.1) is 0 Å². The molecule has 5 heterocycles. The Hall–Kier alpha value is -5.33. The van der Waals surface area contributed by atoms with Crippen molar-refractivity contribution in [2.45, 2.75) is 78.0 Å². The van der Waals surface area contributed by atoms with Crippen LogP contribution in [0.25, 0.3) is 22.2 Å². The number of nitrogens with one attached hydrogen (secondary N) is 2. The first-order valence-electron chi connectivity index (χ1n) is 19.6. The van der Waals surface area contributed by atoms with Crippen LogP contribution < -0.4 is 21.1 Å². The van der Waals surface area contributed by atoms with Crippen molar-refractivity contribution in [2.24, 2.45) is 11.7 Å². The average Bonchev–Trinajstić information content (AvgIpc) is 3.64. The molecule has 0 atom stereocenters. The van der Waals surface area contributed by atoms with Crippen molar-refractivity contribution in [3.05, 3.63) is 101 Å². The van der Waals surface area contributed by atoms with Gasteiger partial charge in [-0.2, -0.15) is 5.10 Å². The number of hydrogen-bond acceptors (Lipinski definition) is 9. The van der Waals surface area contributed by atoms with Gasteiger partial charge in [0.15, 0.2) is 5.65 Å². The minimum absolute atomic E-state index is 0.0353. The molecule has 2 aliphatic rings. The third-order valence-corrected chi connectivity index (χ3v) is 10.9. The summed E-state index contributed by atoms with van der Waals surface area (Å²) in [4.78, 5) is 38.1. The number of primary amides is 1. The number of fused-ring (bicyclic) bond motifs is 1. The van der Waals surface area contributed by atoms with Crippen molar-refractivity contribution < 1.29 is 19.1 Å². The fourth-order valence-electron chi connectivity index (χ4n) is 7.91. The molecule has 288 valence electrons. The number of aryl methyl sites for hydroxylation is 2. The summed E-state index contributed by atoms with van der Waals surface area (Å²) in [6.45, 7) is 8.83. The van der Waals surface area contributed by atoms with Crippen molar-refractivity contribution in [1.82, 2.24) is 30.0 Å². The van der Waals surface area contributed by atoms with Gasteiger partial charge in [0.25, 0.3) is 11.8 Å². The Bertz CT molecular complexity index is 2140. The van der Waals surface area contributed by atoms with Crippen molar-refractivity contribution in [2.75, 3.05) is 38.7 Å². The zero-order valence-electron chi connectivity index (χ0n) is 32.1. The molecule has 12 heteroatoms. The summed E-state index contributed by atoms with van der Waals surface area (Å²) >= 11 is 0. The van der Waals surface area contributed by atoms with Crippen LogP contribution in [-0.4, -0.2) is 75.9 Å². The molecular formula is C43H52N8O4. The number of nitrogens with zero attached hydrogens (tertiary/aromatic N) is 5. The van der Waals surface area contributed by atoms with Gasteiger partial charge in [-0.05, 0) is 105 Å². The molecule has 3 aromatic heterocycles. The summed E-state index contributed by atoms with van der Waals surface area (Å²) in [5.41, 5.74) is 13.6. The smallest absolute Gasteiger partial charge is 0.273 e. The van der Waals surface area contributed by atoms with Gasteiger partial charge in [-0.3, -0.25) is 9.59 Å². The third kappa shape index (κ3) is 8.66. The maximum absolute atomic E-state index is 14.7. The molecule has 55 heavy (non-hydrogen) atoms. The Labute approximate surface area is 322 Å². The van der Waals surface area contributed by atoms with E-state index in [4.69, 9.17) is 20.2 Å².